The number of aliphatic hydroxyl groups is 2. The molecule has 4 aliphatic carbocycles. The summed E-state index contributed by atoms with van der Waals surface area (Å²) in [5.41, 5.74) is 1.72. The van der Waals surface area contributed by atoms with Crippen molar-refractivity contribution >= 4 is 23.2 Å². The molecule has 1 aromatic rings. The predicted octanol–water partition coefficient (Wildman–Crippen LogP) is 6.40. The lowest BCUT2D eigenvalue weighted by Crippen LogP contribution is -2.58. The van der Waals surface area contributed by atoms with Crippen LogP contribution >= 0.6 is 11.6 Å². The average molecular weight is 571 g/mol. The minimum absolute atomic E-state index is 0.178. The number of hydrogen-bond acceptors (Lipinski definition) is 4. The van der Waals surface area contributed by atoms with Crippen LogP contribution in [0.4, 0.5) is 5.69 Å². The third-order valence-electron chi connectivity index (χ3n) is 13.1. The van der Waals surface area contributed by atoms with E-state index >= 15 is 0 Å². The van der Waals surface area contributed by atoms with E-state index in [1.807, 2.05) is 12.1 Å². The molecule has 6 heteroatoms. The van der Waals surface area contributed by atoms with Crippen LogP contribution in [0.2, 0.25) is 5.02 Å². The zero-order valence-electron chi connectivity index (χ0n) is 24.9. The van der Waals surface area contributed by atoms with E-state index in [0.717, 1.165) is 63.3 Å². The molecule has 1 aliphatic heterocycles. The van der Waals surface area contributed by atoms with Gasteiger partial charge in [-0.15, -0.1) is 0 Å². The number of halogens is 1. The topological polar surface area (TPSA) is 64.0 Å². The van der Waals surface area contributed by atoms with Crippen molar-refractivity contribution < 1.29 is 15.0 Å². The van der Waals surface area contributed by atoms with Crippen LogP contribution in [0.3, 0.4) is 0 Å². The second-order valence-corrected chi connectivity index (χ2v) is 15.2. The largest absolute Gasteiger partial charge is 0.393 e. The Labute approximate surface area is 246 Å². The Bertz CT molecular complexity index is 1060. The Morgan fingerprint density at radius 1 is 0.950 bits per heavy atom. The molecule has 6 rings (SSSR count). The first kappa shape index (κ1) is 28.8. The highest BCUT2D eigenvalue weighted by molar-refractivity contribution is 6.30. The van der Waals surface area contributed by atoms with E-state index in [4.69, 9.17) is 11.6 Å². The quantitative estimate of drug-likeness (QED) is 0.430. The van der Waals surface area contributed by atoms with Crippen LogP contribution in [-0.4, -0.2) is 59.4 Å². The summed E-state index contributed by atoms with van der Waals surface area (Å²) in [4.78, 5) is 17.6. The van der Waals surface area contributed by atoms with Gasteiger partial charge in [0.2, 0.25) is 5.91 Å². The molecule has 1 saturated heterocycles. The number of carbonyl (C=O) groups excluding carboxylic acids is 1. The molecule has 5 aliphatic rings. The lowest BCUT2D eigenvalue weighted by atomic mass is 9.43. The third-order valence-corrected chi connectivity index (χ3v) is 13.3. The maximum absolute atomic E-state index is 13.2. The molecule has 5 fully saturated rings. The summed E-state index contributed by atoms with van der Waals surface area (Å²) in [6.45, 7) is 10.7. The zero-order chi connectivity index (χ0) is 28.2. The molecule has 0 aromatic heterocycles. The number of rotatable bonds is 5. The van der Waals surface area contributed by atoms with Crippen LogP contribution in [0.25, 0.3) is 0 Å². The molecule has 0 bridgehead atoms. The summed E-state index contributed by atoms with van der Waals surface area (Å²) < 4.78 is 0. The average Bonchev–Trinajstić information content (AvgIpc) is 3.30. The van der Waals surface area contributed by atoms with Crippen LogP contribution in [0.15, 0.2) is 24.3 Å². The molecule has 222 valence electrons. The molecule has 40 heavy (non-hydrogen) atoms. The molecular weight excluding hydrogens is 520 g/mol. The molecule has 0 spiro atoms. The Morgan fingerprint density at radius 2 is 1.62 bits per heavy atom. The number of amides is 1. The smallest absolute Gasteiger partial charge is 0.222 e. The number of benzene rings is 1. The number of nitrogens with zero attached hydrogens (tertiary/aromatic N) is 2. The van der Waals surface area contributed by atoms with Gasteiger partial charge in [-0.25, -0.2) is 0 Å². The fourth-order valence-corrected chi connectivity index (χ4v) is 10.9. The summed E-state index contributed by atoms with van der Waals surface area (Å²) in [7, 11) is 0. The summed E-state index contributed by atoms with van der Waals surface area (Å²) in [6, 6.07) is 8.00. The number of hydrogen-bond donors (Lipinski definition) is 2. The first-order chi connectivity index (χ1) is 19.1. The van der Waals surface area contributed by atoms with Crippen LogP contribution in [-0.2, 0) is 4.79 Å². The summed E-state index contributed by atoms with van der Waals surface area (Å²) in [5.74, 6) is 3.54. The number of carbonyl (C=O) groups is 1. The summed E-state index contributed by atoms with van der Waals surface area (Å²) in [6.07, 6.45) is 9.97. The van der Waals surface area contributed by atoms with E-state index in [-0.39, 0.29) is 23.0 Å². The highest BCUT2D eigenvalue weighted by Crippen LogP contribution is 2.68. The molecule has 1 amide bonds. The Balaban J connectivity index is 1.04. The van der Waals surface area contributed by atoms with Crippen molar-refractivity contribution in [3.05, 3.63) is 29.3 Å². The molecule has 0 unspecified atom stereocenters. The standard InChI is InChI=1S/C34H51ClN2O3/c1-22(4-11-31(40)37-18-16-36(17-19-37)25-7-5-24(35)6-8-25)27-9-10-28-32-29(13-15-34(27,28)3)33(2)14-12-26(38)20-23(33)21-30(32)39/h5-8,22-23,26-30,32,38-39H,4,9-21H2,1-3H3/t22-,23-,26-,27+,28-,29-,30+,32+,33+,34-/m1/s1. The van der Waals surface area contributed by atoms with Crippen molar-refractivity contribution in [1.82, 2.24) is 4.90 Å². The van der Waals surface area contributed by atoms with Crippen molar-refractivity contribution in [3.8, 4) is 0 Å². The van der Waals surface area contributed by atoms with E-state index in [1.165, 1.54) is 31.4 Å². The monoisotopic (exact) mass is 570 g/mol. The Hall–Kier alpha value is -1.30. The van der Waals surface area contributed by atoms with Crippen LogP contribution in [0.1, 0.15) is 85.0 Å². The molecule has 1 aromatic carbocycles. The third kappa shape index (κ3) is 5.00. The van der Waals surface area contributed by atoms with Gasteiger partial charge in [0, 0.05) is 43.3 Å². The van der Waals surface area contributed by atoms with Gasteiger partial charge >= 0.3 is 0 Å². The van der Waals surface area contributed by atoms with Gasteiger partial charge in [0.1, 0.15) is 0 Å². The molecule has 4 saturated carbocycles. The molecular formula is C34H51ClN2O3. The Morgan fingerprint density at radius 3 is 2.35 bits per heavy atom. The first-order valence-corrected chi connectivity index (χ1v) is 16.6. The van der Waals surface area contributed by atoms with Gasteiger partial charge in [0.15, 0.2) is 0 Å². The van der Waals surface area contributed by atoms with Crippen molar-refractivity contribution in [2.75, 3.05) is 31.1 Å². The fraction of sp³-hybridized carbons (Fsp3) is 0.794. The summed E-state index contributed by atoms with van der Waals surface area (Å²) >= 11 is 6.05. The van der Waals surface area contributed by atoms with Gasteiger partial charge in [-0.2, -0.15) is 0 Å². The van der Waals surface area contributed by atoms with E-state index in [1.54, 1.807) is 0 Å². The first-order valence-electron chi connectivity index (χ1n) is 16.2. The van der Waals surface area contributed by atoms with E-state index in [9.17, 15) is 15.0 Å². The molecule has 0 radical (unpaired) electrons. The predicted molar refractivity (Wildman–Crippen MR) is 161 cm³/mol. The van der Waals surface area contributed by atoms with E-state index < -0.39 is 0 Å². The maximum atomic E-state index is 13.2. The molecule has 10 atom stereocenters. The second-order valence-electron chi connectivity index (χ2n) is 14.8. The van der Waals surface area contributed by atoms with Crippen molar-refractivity contribution in [2.45, 2.75) is 97.2 Å². The molecule has 1 heterocycles. The number of piperazine rings is 1. The van der Waals surface area contributed by atoms with Crippen molar-refractivity contribution in [3.63, 3.8) is 0 Å². The highest BCUT2D eigenvalue weighted by Gasteiger charge is 2.62. The van der Waals surface area contributed by atoms with Gasteiger partial charge in [-0.1, -0.05) is 32.4 Å². The van der Waals surface area contributed by atoms with Gasteiger partial charge in [-0.3, -0.25) is 4.79 Å². The van der Waals surface area contributed by atoms with E-state index in [0.29, 0.717) is 47.8 Å². The summed E-state index contributed by atoms with van der Waals surface area (Å²) in [5, 5.41) is 22.6. The van der Waals surface area contributed by atoms with Gasteiger partial charge in [-0.05, 0) is 128 Å². The van der Waals surface area contributed by atoms with Crippen LogP contribution in [0, 0.1) is 46.3 Å². The lowest BCUT2D eigenvalue weighted by Gasteiger charge is -2.62. The van der Waals surface area contributed by atoms with Gasteiger partial charge < -0.3 is 20.0 Å². The SMILES string of the molecule is C[C@H](CCC(=O)N1CCN(c2ccc(Cl)cc2)CC1)[C@@H]1CC[C@@H]2[C@H]3[C@@H](CC[C@@]21C)[C@@]1(C)CC[C@@H](O)C[C@@H]1C[C@@H]3O. The molecule has 5 nitrogen and oxygen atoms in total. The maximum Gasteiger partial charge on any atom is 0.222 e. The van der Waals surface area contributed by atoms with Crippen LogP contribution < -0.4 is 4.90 Å². The second kappa shape index (κ2) is 11.1. The Kier molecular flexibility index (Phi) is 7.98. The van der Waals surface area contributed by atoms with Crippen molar-refractivity contribution in [1.29, 1.82) is 0 Å². The van der Waals surface area contributed by atoms with Crippen molar-refractivity contribution in [2.24, 2.45) is 46.3 Å². The lowest BCUT2D eigenvalue weighted by molar-refractivity contribution is -0.174. The molecule has 2 N–H and O–H groups in total. The number of aliphatic hydroxyl groups excluding tert-OH is 2. The normalized spacial score (nSPS) is 42.1. The van der Waals surface area contributed by atoms with Crippen LogP contribution in [0.5, 0.6) is 0 Å². The number of anilines is 1. The van der Waals surface area contributed by atoms with Gasteiger partial charge in [0.05, 0.1) is 12.2 Å². The fourth-order valence-electron chi connectivity index (χ4n) is 10.8. The zero-order valence-corrected chi connectivity index (χ0v) is 25.7. The highest BCUT2D eigenvalue weighted by atomic mass is 35.5. The van der Waals surface area contributed by atoms with Gasteiger partial charge in [0.25, 0.3) is 0 Å². The van der Waals surface area contributed by atoms with E-state index in [2.05, 4.69) is 42.7 Å². The number of fused-ring (bicyclic) bond motifs is 5. The minimum atomic E-state index is -0.222. The minimum Gasteiger partial charge on any atom is -0.393 e.